The Morgan fingerprint density at radius 1 is 0.773 bits per heavy atom. The Kier molecular flexibility index (Phi) is 7.09. The average molecular weight is 653 g/mol. The molecule has 1 amide bonds. The summed E-state index contributed by atoms with van der Waals surface area (Å²) in [4.78, 5) is 39.1. The van der Waals surface area contributed by atoms with E-state index in [0.29, 0.717) is 37.9 Å². The number of aryl methyl sites for hydroxylation is 2. The number of nitrogens with one attached hydrogen (secondary N) is 2. The number of rotatable bonds is 2. The molecule has 44 heavy (non-hydrogen) atoms. The van der Waals surface area contributed by atoms with E-state index in [1.165, 1.54) is 24.7 Å². The van der Waals surface area contributed by atoms with Crippen molar-refractivity contribution in [2.75, 3.05) is 14.2 Å². The van der Waals surface area contributed by atoms with E-state index in [2.05, 4.69) is 35.6 Å². The highest BCUT2D eigenvalue weighted by Crippen LogP contribution is 2.43. The van der Waals surface area contributed by atoms with Crippen molar-refractivity contribution in [1.82, 2.24) is 40.2 Å². The van der Waals surface area contributed by atoms with E-state index in [-0.39, 0.29) is 29.7 Å². The fourth-order valence-electron chi connectivity index (χ4n) is 6.36. The lowest BCUT2D eigenvalue weighted by Crippen LogP contribution is -2.23. The van der Waals surface area contributed by atoms with Crippen molar-refractivity contribution < 1.29 is 23.9 Å². The summed E-state index contributed by atoms with van der Waals surface area (Å²) in [5.41, 5.74) is 3.83. The van der Waals surface area contributed by atoms with Crippen LogP contribution in [0.1, 0.15) is 60.1 Å². The highest BCUT2D eigenvalue weighted by Gasteiger charge is 2.38. The molecule has 16 heteroatoms. The summed E-state index contributed by atoms with van der Waals surface area (Å²) >= 11 is 8.78. The third-order valence-electron chi connectivity index (χ3n) is 8.44. The number of ether oxygens (including phenoxy) is 2. The van der Waals surface area contributed by atoms with Gasteiger partial charge in [0.25, 0.3) is 5.91 Å². The summed E-state index contributed by atoms with van der Waals surface area (Å²) in [5.74, 6) is 2.46. The van der Waals surface area contributed by atoms with Gasteiger partial charge in [-0.15, -0.1) is 43.1 Å². The first-order valence-electron chi connectivity index (χ1n) is 14.0. The second-order valence-corrected chi connectivity index (χ2v) is 13.6. The Bertz CT molecular complexity index is 1750. The molecule has 2 unspecified atom stereocenters. The highest BCUT2D eigenvalue weighted by atomic mass is 32.1. The van der Waals surface area contributed by atoms with Crippen molar-refractivity contribution in [2.45, 2.75) is 52.6 Å². The molecule has 0 fully saturated rings. The topological polar surface area (TPSA) is 155 Å². The molecule has 0 spiro atoms. The van der Waals surface area contributed by atoms with E-state index >= 15 is 0 Å². The van der Waals surface area contributed by atoms with Gasteiger partial charge in [-0.25, -0.2) is 0 Å². The molecule has 4 aromatic rings. The van der Waals surface area contributed by atoms with Crippen molar-refractivity contribution in [1.29, 1.82) is 0 Å². The van der Waals surface area contributed by atoms with Crippen molar-refractivity contribution in [2.24, 2.45) is 11.8 Å². The molecule has 4 aliphatic rings. The van der Waals surface area contributed by atoms with Crippen LogP contribution in [0, 0.1) is 25.7 Å². The SMILES string of the molecule is COC(=O)C1Cc2sc3c(c2C1)C(=O)NCc1nnc(C)n1-3.COC(=O)C1Cc2sc3c(c2C1)C(=S)NCc1nnc(C)n1-3. The van der Waals surface area contributed by atoms with Crippen molar-refractivity contribution in [3.05, 3.63) is 55.3 Å². The van der Waals surface area contributed by atoms with E-state index in [4.69, 9.17) is 21.7 Å². The zero-order valence-electron chi connectivity index (χ0n) is 24.3. The number of fused-ring (bicyclic) bond motifs is 10. The van der Waals surface area contributed by atoms with Crippen LogP contribution in [0.3, 0.4) is 0 Å². The van der Waals surface area contributed by atoms with Gasteiger partial charge in [0.15, 0.2) is 11.6 Å². The third-order valence-corrected chi connectivity index (χ3v) is 11.3. The van der Waals surface area contributed by atoms with E-state index in [1.807, 2.05) is 18.4 Å². The number of esters is 2. The maximum absolute atomic E-state index is 12.5. The standard InChI is InChI=1S/C14H14N4O3S.C14H14N4O2S2/c1-6-16-17-10-5-15-12(19)11-8-3-7(14(20)21-2)4-9(8)22-13(11)18(6)10;1-6-16-17-10-5-15-12(21)11-8-3-7(14(19)20-2)4-9(8)22-13(11)18(6)10/h7H,3-5H2,1-2H3,(H,15,19);7H,3-5H2,1-2H3,(H,15,21). The highest BCUT2D eigenvalue weighted by molar-refractivity contribution is 7.80. The predicted octanol–water partition coefficient (Wildman–Crippen LogP) is 2.07. The van der Waals surface area contributed by atoms with Gasteiger partial charge in [-0.1, -0.05) is 12.2 Å². The smallest absolute Gasteiger partial charge is 0.309 e. The molecule has 2 atom stereocenters. The number of aromatic nitrogens is 6. The molecule has 0 aromatic carbocycles. The Morgan fingerprint density at radius 2 is 1.25 bits per heavy atom. The van der Waals surface area contributed by atoms with Gasteiger partial charge < -0.3 is 20.1 Å². The molecule has 8 rings (SSSR count). The zero-order chi connectivity index (χ0) is 30.9. The Labute approximate surface area is 265 Å². The van der Waals surface area contributed by atoms with Crippen LogP contribution in [0.4, 0.5) is 0 Å². The maximum atomic E-state index is 12.5. The summed E-state index contributed by atoms with van der Waals surface area (Å²) in [6.07, 6.45) is 2.59. The predicted molar refractivity (Wildman–Crippen MR) is 163 cm³/mol. The summed E-state index contributed by atoms with van der Waals surface area (Å²) in [6.45, 7) is 4.74. The molecule has 2 aliphatic heterocycles. The fraction of sp³-hybridized carbons (Fsp3) is 0.429. The summed E-state index contributed by atoms with van der Waals surface area (Å²) in [7, 11) is 2.84. The maximum Gasteiger partial charge on any atom is 0.309 e. The van der Waals surface area contributed by atoms with Gasteiger partial charge in [-0.05, 0) is 50.7 Å². The largest absolute Gasteiger partial charge is 0.469 e. The van der Waals surface area contributed by atoms with Crippen molar-refractivity contribution >= 4 is 57.7 Å². The third kappa shape index (κ3) is 4.45. The lowest BCUT2D eigenvalue weighted by atomic mass is 10.0. The van der Waals surface area contributed by atoms with E-state index < -0.39 is 0 Å². The van der Waals surface area contributed by atoms with Crippen LogP contribution in [0.5, 0.6) is 0 Å². The monoisotopic (exact) mass is 652 g/mol. The minimum Gasteiger partial charge on any atom is -0.469 e. The number of carbonyl (C=O) groups excluding carboxylic acids is 3. The normalized spacial score (nSPS) is 19.0. The Morgan fingerprint density at radius 3 is 1.77 bits per heavy atom. The summed E-state index contributed by atoms with van der Waals surface area (Å²) in [5, 5.41) is 24.6. The van der Waals surface area contributed by atoms with Crippen LogP contribution in [0.2, 0.25) is 0 Å². The number of nitrogens with zero attached hydrogens (tertiary/aromatic N) is 6. The second-order valence-electron chi connectivity index (χ2n) is 11.0. The number of carbonyl (C=O) groups is 3. The molecule has 0 saturated heterocycles. The molecule has 228 valence electrons. The molecule has 6 heterocycles. The Balaban J connectivity index is 0.000000142. The van der Waals surface area contributed by atoms with Gasteiger partial charge in [0.05, 0.1) is 44.7 Å². The van der Waals surface area contributed by atoms with Crippen LogP contribution in [0.15, 0.2) is 0 Å². The van der Waals surface area contributed by atoms with Crippen LogP contribution in [0.25, 0.3) is 10.0 Å². The lowest BCUT2D eigenvalue weighted by Gasteiger charge is -2.09. The number of thiocarbonyl (C=S) groups is 1. The second kappa shape index (κ2) is 10.9. The molecule has 0 bridgehead atoms. The molecule has 2 N–H and O–H groups in total. The van der Waals surface area contributed by atoms with Crippen molar-refractivity contribution in [3.63, 3.8) is 0 Å². The molecular weight excluding hydrogens is 625 g/mol. The molecule has 0 saturated carbocycles. The van der Waals surface area contributed by atoms with Crippen LogP contribution in [-0.4, -0.2) is 66.6 Å². The number of hydrogen-bond donors (Lipinski definition) is 2. The van der Waals surface area contributed by atoms with Gasteiger partial charge in [0.1, 0.15) is 26.6 Å². The lowest BCUT2D eigenvalue weighted by molar-refractivity contribution is -0.145. The van der Waals surface area contributed by atoms with Crippen LogP contribution >= 0.6 is 34.9 Å². The molecule has 0 radical (unpaired) electrons. The summed E-state index contributed by atoms with van der Waals surface area (Å²) < 4.78 is 13.7. The Hall–Kier alpha value is -4.02. The number of methoxy groups -OCH3 is 2. The van der Waals surface area contributed by atoms with Gasteiger partial charge in [-0.3, -0.25) is 23.5 Å². The fourth-order valence-corrected chi connectivity index (χ4v) is 9.67. The van der Waals surface area contributed by atoms with Gasteiger partial charge in [0.2, 0.25) is 0 Å². The van der Waals surface area contributed by atoms with Gasteiger partial charge >= 0.3 is 11.9 Å². The first kappa shape index (κ1) is 28.7. The quantitative estimate of drug-likeness (QED) is 0.242. The van der Waals surface area contributed by atoms with Crippen LogP contribution < -0.4 is 10.6 Å². The minimum absolute atomic E-state index is 0.0934. The van der Waals surface area contributed by atoms with Crippen LogP contribution in [-0.2, 0) is 57.8 Å². The van der Waals surface area contributed by atoms with E-state index in [1.54, 1.807) is 22.7 Å². The zero-order valence-corrected chi connectivity index (χ0v) is 26.8. The summed E-state index contributed by atoms with van der Waals surface area (Å²) in [6, 6.07) is 0. The first-order valence-corrected chi connectivity index (χ1v) is 16.1. The number of hydrogen-bond acceptors (Lipinski definition) is 12. The number of thiophene rings is 2. The molecule has 4 aromatic heterocycles. The van der Waals surface area contributed by atoms with E-state index in [0.717, 1.165) is 60.7 Å². The van der Waals surface area contributed by atoms with E-state index in [9.17, 15) is 14.4 Å². The molecular formula is C28H28N8O5S3. The van der Waals surface area contributed by atoms with Crippen molar-refractivity contribution in [3.8, 4) is 10.0 Å². The average Bonchev–Trinajstić information content (AvgIpc) is 3.83. The molecule has 2 aliphatic carbocycles. The molecule has 13 nitrogen and oxygen atoms in total. The van der Waals surface area contributed by atoms with Gasteiger partial charge in [-0.2, -0.15) is 0 Å². The minimum atomic E-state index is -0.215. The van der Waals surface area contributed by atoms with Gasteiger partial charge in [0, 0.05) is 15.3 Å². The first-order chi connectivity index (χ1) is 21.2. The number of amides is 1.